The summed E-state index contributed by atoms with van der Waals surface area (Å²) in [6, 6.07) is 17.1. The number of nitrogens with zero attached hydrogens (tertiary/aromatic N) is 1. The quantitative estimate of drug-likeness (QED) is 0.347. The lowest BCUT2D eigenvalue weighted by atomic mass is 10.1. The predicted molar refractivity (Wildman–Crippen MR) is 116 cm³/mol. The van der Waals surface area contributed by atoms with Crippen molar-refractivity contribution in [1.82, 2.24) is 0 Å². The molecule has 1 amide bonds. The van der Waals surface area contributed by atoms with Crippen molar-refractivity contribution in [2.75, 3.05) is 11.4 Å². The Hall–Kier alpha value is -3.78. The number of amides is 1. The van der Waals surface area contributed by atoms with Crippen molar-refractivity contribution in [3.63, 3.8) is 0 Å². The number of rotatable bonds is 5. The maximum atomic E-state index is 13.2. The monoisotopic (exact) mass is 435 g/mol. The Labute approximate surface area is 178 Å². The highest BCUT2D eigenvalue weighted by Gasteiger charge is 2.44. The van der Waals surface area contributed by atoms with Gasteiger partial charge < -0.3 is 4.74 Å². The van der Waals surface area contributed by atoms with Crippen LogP contribution in [0.1, 0.15) is 21.5 Å². The molecule has 0 radical (unpaired) electrons. The molecule has 0 atom stereocenters. The number of Topliss-reactive ketones (excluding diaryl/α,β-unsaturated/α-hetero) is 1. The third-order valence-corrected chi connectivity index (χ3v) is 6.54. The number of carbonyl (C=O) groups is 3. The van der Waals surface area contributed by atoms with Crippen molar-refractivity contribution >= 4 is 50.2 Å². The Morgan fingerprint density at radius 1 is 1.00 bits per heavy atom. The van der Waals surface area contributed by atoms with Crippen LogP contribution in [0, 0.1) is 0 Å². The lowest BCUT2D eigenvalue weighted by molar-refractivity contribution is -0.134. The van der Waals surface area contributed by atoms with Gasteiger partial charge in [-0.1, -0.05) is 54.6 Å². The molecule has 0 N–H and O–H groups in total. The van der Waals surface area contributed by atoms with E-state index in [1.165, 1.54) is 31.4 Å². The third-order valence-electron chi connectivity index (χ3n) is 4.93. The molecule has 4 rings (SSSR count). The van der Waals surface area contributed by atoms with Crippen LogP contribution in [0.2, 0.25) is 0 Å². The summed E-state index contributed by atoms with van der Waals surface area (Å²) < 4.78 is 31.6. The smallest absolute Gasteiger partial charge is 0.330 e. The van der Waals surface area contributed by atoms with Crippen molar-refractivity contribution in [1.29, 1.82) is 0 Å². The van der Waals surface area contributed by atoms with E-state index in [-0.39, 0.29) is 16.8 Å². The minimum Gasteiger partial charge on any atom is -0.466 e. The molecule has 3 aromatic carbocycles. The van der Waals surface area contributed by atoms with E-state index in [1.807, 2.05) is 24.3 Å². The van der Waals surface area contributed by atoms with Gasteiger partial charge in [0, 0.05) is 11.6 Å². The van der Waals surface area contributed by atoms with Gasteiger partial charge in [-0.3, -0.25) is 9.59 Å². The van der Waals surface area contributed by atoms with Crippen molar-refractivity contribution in [3.05, 3.63) is 83.4 Å². The van der Waals surface area contributed by atoms with Crippen LogP contribution in [0.5, 0.6) is 0 Å². The minimum atomic E-state index is -4.23. The molecule has 0 spiro atoms. The van der Waals surface area contributed by atoms with Crippen LogP contribution in [-0.2, 0) is 30.1 Å². The first-order valence-electron chi connectivity index (χ1n) is 9.30. The molecule has 156 valence electrons. The van der Waals surface area contributed by atoms with Gasteiger partial charge in [0.25, 0.3) is 5.78 Å². The molecular formula is C23H17NO6S. The van der Waals surface area contributed by atoms with Crippen LogP contribution >= 0.6 is 0 Å². The van der Waals surface area contributed by atoms with E-state index in [0.717, 1.165) is 16.8 Å². The Morgan fingerprint density at radius 3 is 2.48 bits per heavy atom. The van der Waals surface area contributed by atoms with Crippen LogP contribution in [-0.4, -0.2) is 33.2 Å². The van der Waals surface area contributed by atoms with Gasteiger partial charge >= 0.3 is 11.9 Å². The third kappa shape index (κ3) is 3.73. The number of ketones is 1. The predicted octanol–water partition coefficient (Wildman–Crippen LogP) is 3.09. The fourth-order valence-corrected chi connectivity index (χ4v) is 5.06. The lowest BCUT2D eigenvalue weighted by Gasteiger charge is -2.19. The average Bonchev–Trinajstić information content (AvgIpc) is 3.03. The SMILES string of the molecule is COC(=O)/C=C/c1cccc2c1N(S(=O)(=O)Cc1ccc3ccccc3c1)C(=O)C2=O. The highest BCUT2D eigenvalue weighted by atomic mass is 32.2. The van der Waals surface area contributed by atoms with Crippen LogP contribution in [0.25, 0.3) is 16.8 Å². The largest absolute Gasteiger partial charge is 0.466 e. The lowest BCUT2D eigenvalue weighted by Crippen LogP contribution is -2.37. The van der Waals surface area contributed by atoms with Crippen LogP contribution in [0.3, 0.4) is 0 Å². The number of fused-ring (bicyclic) bond motifs is 2. The van der Waals surface area contributed by atoms with Crippen molar-refractivity contribution in [2.45, 2.75) is 5.75 Å². The molecule has 0 fully saturated rings. The summed E-state index contributed by atoms with van der Waals surface area (Å²) in [5, 5.41) is 1.82. The zero-order valence-electron chi connectivity index (χ0n) is 16.4. The molecule has 7 nitrogen and oxygen atoms in total. The first-order valence-corrected chi connectivity index (χ1v) is 10.9. The summed E-state index contributed by atoms with van der Waals surface area (Å²) in [6.45, 7) is 0. The zero-order chi connectivity index (χ0) is 22.2. The number of carbonyl (C=O) groups excluding carboxylic acids is 3. The fraction of sp³-hybridized carbons (Fsp3) is 0.0870. The molecule has 1 aliphatic rings. The van der Waals surface area contributed by atoms with E-state index in [0.29, 0.717) is 9.87 Å². The fourth-order valence-electron chi connectivity index (χ4n) is 3.51. The maximum Gasteiger partial charge on any atom is 0.330 e. The molecule has 1 heterocycles. The summed E-state index contributed by atoms with van der Waals surface area (Å²) in [6.07, 6.45) is 2.41. The van der Waals surface area contributed by atoms with Gasteiger partial charge in [0.15, 0.2) is 0 Å². The van der Waals surface area contributed by atoms with Gasteiger partial charge in [-0.15, -0.1) is 0 Å². The number of ether oxygens (including phenoxy) is 1. The van der Waals surface area contributed by atoms with Crippen LogP contribution < -0.4 is 4.31 Å². The van der Waals surface area contributed by atoms with Gasteiger partial charge in [-0.25, -0.2) is 13.2 Å². The number of methoxy groups -OCH3 is 1. The van der Waals surface area contributed by atoms with E-state index in [4.69, 9.17) is 0 Å². The van der Waals surface area contributed by atoms with E-state index in [2.05, 4.69) is 4.74 Å². The van der Waals surface area contributed by atoms with Gasteiger partial charge in [0.2, 0.25) is 10.0 Å². The number of hydrogen-bond acceptors (Lipinski definition) is 6. The molecule has 0 saturated carbocycles. The highest BCUT2D eigenvalue weighted by Crippen LogP contribution is 2.36. The van der Waals surface area contributed by atoms with Gasteiger partial charge in [0.1, 0.15) is 0 Å². The summed E-state index contributed by atoms with van der Waals surface area (Å²) in [4.78, 5) is 36.6. The normalized spacial score (nSPS) is 13.8. The van der Waals surface area contributed by atoms with Crippen molar-refractivity contribution in [2.24, 2.45) is 0 Å². The van der Waals surface area contributed by atoms with Crippen molar-refractivity contribution < 1.29 is 27.5 Å². The van der Waals surface area contributed by atoms with Crippen molar-refractivity contribution in [3.8, 4) is 0 Å². The van der Waals surface area contributed by atoms with E-state index >= 15 is 0 Å². The Balaban J connectivity index is 1.77. The maximum absolute atomic E-state index is 13.2. The van der Waals surface area contributed by atoms with Crippen LogP contribution in [0.4, 0.5) is 5.69 Å². The van der Waals surface area contributed by atoms with Gasteiger partial charge in [-0.2, -0.15) is 4.31 Å². The van der Waals surface area contributed by atoms with E-state index in [1.54, 1.807) is 18.2 Å². The molecule has 8 heteroatoms. The first-order chi connectivity index (χ1) is 14.8. The standard InChI is InChI=1S/C23H17NO6S/c1-30-20(25)12-11-17-7-4-8-19-21(17)24(23(27)22(19)26)31(28,29)14-15-9-10-16-5-2-3-6-18(16)13-15/h2-13H,14H2,1H3/b12-11+. The van der Waals surface area contributed by atoms with Crippen LogP contribution in [0.15, 0.2) is 66.7 Å². The molecule has 31 heavy (non-hydrogen) atoms. The summed E-state index contributed by atoms with van der Waals surface area (Å²) in [5.74, 6) is -3.18. The number of benzene rings is 3. The number of anilines is 1. The summed E-state index contributed by atoms with van der Waals surface area (Å²) in [5.41, 5.74) is 0.636. The van der Waals surface area contributed by atoms with E-state index in [9.17, 15) is 22.8 Å². The summed E-state index contributed by atoms with van der Waals surface area (Å²) in [7, 11) is -3.03. The van der Waals surface area contributed by atoms with E-state index < -0.39 is 33.4 Å². The second kappa shape index (κ2) is 7.81. The first kappa shape index (κ1) is 20.5. The molecule has 1 aliphatic heterocycles. The second-order valence-electron chi connectivity index (χ2n) is 6.94. The molecule has 0 aliphatic carbocycles. The second-order valence-corrected chi connectivity index (χ2v) is 8.75. The number of para-hydroxylation sites is 1. The number of hydrogen-bond donors (Lipinski definition) is 0. The van der Waals surface area contributed by atoms with Gasteiger partial charge in [-0.05, 0) is 28.5 Å². The number of sulfonamides is 1. The highest BCUT2D eigenvalue weighted by molar-refractivity contribution is 7.93. The molecule has 3 aromatic rings. The summed E-state index contributed by atoms with van der Waals surface area (Å²) >= 11 is 0. The Kier molecular flexibility index (Phi) is 5.16. The number of esters is 1. The molecule has 0 saturated heterocycles. The topological polar surface area (TPSA) is 97.8 Å². The Bertz CT molecular complexity index is 1370. The minimum absolute atomic E-state index is 0.0286. The average molecular weight is 435 g/mol. The zero-order valence-corrected chi connectivity index (χ0v) is 17.3. The Morgan fingerprint density at radius 2 is 1.74 bits per heavy atom. The molecule has 0 aromatic heterocycles. The molecule has 0 unspecified atom stereocenters. The molecule has 0 bridgehead atoms. The molecular weight excluding hydrogens is 418 g/mol. The van der Waals surface area contributed by atoms with Gasteiger partial charge in [0.05, 0.1) is 24.1 Å².